The summed E-state index contributed by atoms with van der Waals surface area (Å²) >= 11 is 0. The van der Waals surface area contributed by atoms with Gasteiger partial charge < -0.3 is 25.0 Å². The molecule has 6 N–H and O–H groups in total. The summed E-state index contributed by atoms with van der Waals surface area (Å²) in [5.74, 6) is -1.50. The topological polar surface area (TPSA) is 181 Å². The van der Waals surface area contributed by atoms with Crippen molar-refractivity contribution in [2.24, 2.45) is 5.41 Å². The van der Waals surface area contributed by atoms with Crippen LogP contribution < -0.4 is 10.6 Å². The lowest BCUT2D eigenvalue weighted by atomic mass is 9.85. The first-order valence-electron chi connectivity index (χ1n) is 10.4. The smallest absolute Gasteiger partial charge is 0.405 e. The predicted molar refractivity (Wildman–Crippen MR) is 123 cm³/mol. The standard InChI is InChI=1S/C22H26F3N7O4/c1-21(2,3)15(7-17(26)31-18(27)16-6-14(9-33)36-32-16)19(28)35-10-13-5-4-12(8-29-13)20(34)30-11-22(23,24)25/h4-8,28,33H,9-11H2,1-3H3,(H,30,34)(H3,26,27,31)/b15-7+,28-19?. The Morgan fingerprint density at radius 2 is 1.92 bits per heavy atom. The molecule has 2 aromatic rings. The van der Waals surface area contributed by atoms with E-state index < -0.39 is 24.0 Å². The van der Waals surface area contributed by atoms with Crippen molar-refractivity contribution < 1.29 is 32.3 Å². The number of nitrogens with one attached hydrogen (secondary N) is 5. The van der Waals surface area contributed by atoms with E-state index >= 15 is 0 Å². The number of carbonyl (C=O) groups is 1. The number of carbonyl (C=O) groups excluding carboxylic acids is 1. The zero-order valence-electron chi connectivity index (χ0n) is 19.7. The van der Waals surface area contributed by atoms with Crippen LogP contribution in [-0.2, 0) is 18.0 Å². The molecule has 0 aliphatic carbocycles. The highest BCUT2D eigenvalue weighted by atomic mass is 19.4. The van der Waals surface area contributed by atoms with E-state index in [0.717, 1.165) is 6.20 Å². The van der Waals surface area contributed by atoms with Gasteiger partial charge in [0.15, 0.2) is 11.6 Å². The van der Waals surface area contributed by atoms with Gasteiger partial charge in [-0.2, -0.15) is 13.2 Å². The van der Waals surface area contributed by atoms with Crippen LogP contribution >= 0.6 is 0 Å². The maximum atomic E-state index is 12.2. The average molecular weight is 509 g/mol. The molecular weight excluding hydrogens is 483 g/mol. The van der Waals surface area contributed by atoms with E-state index in [1.165, 1.54) is 24.3 Å². The minimum absolute atomic E-state index is 0.0615. The Hall–Kier alpha value is -4.07. The molecule has 0 bridgehead atoms. The molecule has 0 aliphatic heterocycles. The first-order chi connectivity index (χ1) is 16.7. The van der Waals surface area contributed by atoms with E-state index in [2.05, 4.69) is 15.5 Å². The summed E-state index contributed by atoms with van der Waals surface area (Å²) in [6, 6.07) is 4.03. The van der Waals surface area contributed by atoms with Gasteiger partial charge >= 0.3 is 6.18 Å². The molecule has 0 aliphatic rings. The third kappa shape index (κ3) is 8.61. The maximum Gasteiger partial charge on any atom is 0.405 e. The monoisotopic (exact) mass is 509 g/mol. The SMILES string of the molecule is CC(C)(C)/C(=C/C(=N)NC(=N)c1cc(CO)on1)C(=N)OCc1ccc(C(=O)NCC(F)(F)F)cn1. The quantitative estimate of drug-likeness (QED) is 0.234. The van der Waals surface area contributed by atoms with Crippen molar-refractivity contribution in [2.75, 3.05) is 6.54 Å². The summed E-state index contributed by atoms with van der Waals surface area (Å²) < 4.78 is 47.0. The Labute approximate surface area is 204 Å². The van der Waals surface area contributed by atoms with E-state index in [0.29, 0.717) is 11.3 Å². The van der Waals surface area contributed by atoms with E-state index in [-0.39, 0.29) is 47.8 Å². The van der Waals surface area contributed by atoms with Crippen molar-refractivity contribution in [3.8, 4) is 0 Å². The Kier molecular flexibility index (Phi) is 9.06. The lowest BCUT2D eigenvalue weighted by molar-refractivity contribution is -0.123. The van der Waals surface area contributed by atoms with Crippen LogP contribution in [0.1, 0.15) is 48.3 Å². The number of ether oxygens (including phenoxy) is 1. The van der Waals surface area contributed by atoms with E-state index in [4.69, 9.17) is 30.6 Å². The fraction of sp³-hybridized carbons (Fsp3) is 0.364. The molecule has 0 radical (unpaired) electrons. The zero-order chi connectivity index (χ0) is 27.1. The van der Waals surface area contributed by atoms with Crippen LogP contribution in [0.4, 0.5) is 13.2 Å². The van der Waals surface area contributed by atoms with Gasteiger partial charge in [-0.05, 0) is 23.6 Å². The molecule has 0 unspecified atom stereocenters. The van der Waals surface area contributed by atoms with Gasteiger partial charge in [0, 0.05) is 17.8 Å². The normalized spacial score (nSPS) is 12.1. The Bertz CT molecular complexity index is 1150. The number of aliphatic hydroxyl groups is 1. The molecule has 2 aromatic heterocycles. The van der Waals surface area contributed by atoms with Crippen molar-refractivity contribution in [3.05, 3.63) is 58.8 Å². The molecule has 2 rings (SSSR count). The van der Waals surface area contributed by atoms with Gasteiger partial charge in [-0.3, -0.25) is 26.0 Å². The average Bonchev–Trinajstić information content (AvgIpc) is 3.28. The molecule has 0 saturated heterocycles. The molecule has 11 nitrogen and oxygen atoms in total. The van der Waals surface area contributed by atoms with Crippen LogP contribution in [0, 0.1) is 21.6 Å². The van der Waals surface area contributed by atoms with Gasteiger partial charge in [0.1, 0.15) is 31.3 Å². The summed E-state index contributed by atoms with van der Waals surface area (Å²) in [4.78, 5) is 15.8. The molecule has 0 saturated carbocycles. The number of hydrogen-bond donors (Lipinski definition) is 6. The Balaban J connectivity index is 2.01. The highest BCUT2D eigenvalue weighted by Gasteiger charge is 2.28. The van der Waals surface area contributed by atoms with Crippen molar-refractivity contribution in [1.82, 2.24) is 20.8 Å². The number of halogens is 3. The summed E-state index contributed by atoms with van der Waals surface area (Å²) in [6.07, 6.45) is -2.10. The van der Waals surface area contributed by atoms with Gasteiger partial charge in [0.25, 0.3) is 5.91 Å². The highest BCUT2D eigenvalue weighted by Crippen LogP contribution is 2.26. The number of pyridine rings is 1. The Morgan fingerprint density at radius 1 is 1.22 bits per heavy atom. The van der Waals surface area contributed by atoms with E-state index in [1.54, 1.807) is 26.1 Å². The first-order valence-corrected chi connectivity index (χ1v) is 10.4. The lowest BCUT2D eigenvalue weighted by Gasteiger charge is -2.24. The highest BCUT2D eigenvalue weighted by molar-refractivity contribution is 6.11. The van der Waals surface area contributed by atoms with Crippen molar-refractivity contribution in [1.29, 1.82) is 16.2 Å². The molecule has 36 heavy (non-hydrogen) atoms. The number of amidine groups is 2. The van der Waals surface area contributed by atoms with Crippen LogP contribution in [0.15, 0.2) is 40.6 Å². The number of rotatable bonds is 8. The van der Waals surface area contributed by atoms with Gasteiger partial charge in [-0.1, -0.05) is 25.9 Å². The van der Waals surface area contributed by atoms with Gasteiger partial charge in [-0.25, -0.2) is 0 Å². The molecule has 2 heterocycles. The van der Waals surface area contributed by atoms with Gasteiger partial charge in [-0.15, -0.1) is 0 Å². The van der Waals surface area contributed by atoms with Gasteiger partial charge in [0.2, 0.25) is 5.90 Å². The molecule has 0 spiro atoms. The molecule has 14 heteroatoms. The largest absolute Gasteiger partial charge is 0.471 e. The van der Waals surface area contributed by atoms with Crippen molar-refractivity contribution >= 4 is 23.5 Å². The number of nitrogens with zero attached hydrogens (tertiary/aromatic N) is 2. The number of aromatic nitrogens is 2. The molecular formula is C22H26F3N7O4. The number of hydrogen-bond acceptors (Lipinski definition) is 9. The number of amides is 1. The molecule has 194 valence electrons. The minimum atomic E-state index is -4.53. The summed E-state index contributed by atoms with van der Waals surface area (Å²) in [7, 11) is 0. The summed E-state index contributed by atoms with van der Waals surface area (Å²) in [5, 5.41) is 41.4. The number of alkyl halides is 3. The van der Waals surface area contributed by atoms with Crippen LogP contribution in [0.3, 0.4) is 0 Å². The molecule has 0 fully saturated rings. The van der Waals surface area contributed by atoms with Crippen molar-refractivity contribution in [2.45, 2.75) is 40.2 Å². The molecule has 1 amide bonds. The molecule has 0 aromatic carbocycles. The molecule has 0 atom stereocenters. The van der Waals surface area contributed by atoms with Crippen molar-refractivity contribution in [3.63, 3.8) is 0 Å². The minimum Gasteiger partial charge on any atom is -0.471 e. The third-order valence-corrected chi connectivity index (χ3v) is 4.47. The fourth-order valence-corrected chi connectivity index (χ4v) is 2.66. The second-order valence-corrected chi connectivity index (χ2v) is 8.51. The van der Waals surface area contributed by atoms with Crippen LogP contribution in [-0.4, -0.2) is 51.4 Å². The third-order valence-electron chi connectivity index (χ3n) is 4.47. The van der Waals surface area contributed by atoms with Crippen LogP contribution in [0.25, 0.3) is 0 Å². The second kappa shape index (κ2) is 11.6. The zero-order valence-corrected chi connectivity index (χ0v) is 19.7. The van der Waals surface area contributed by atoms with Gasteiger partial charge in [0.05, 0.1) is 11.3 Å². The maximum absolute atomic E-state index is 12.2. The van der Waals surface area contributed by atoms with Crippen LogP contribution in [0.5, 0.6) is 0 Å². The second-order valence-electron chi connectivity index (χ2n) is 8.51. The van der Waals surface area contributed by atoms with E-state index in [9.17, 15) is 18.0 Å². The first kappa shape index (κ1) is 28.2. The Morgan fingerprint density at radius 3 is 2.44 bits per heavy atom. The number of aliphatic hydroxyl groups excluding tert-OH is 1. The summed E-state index contributed by atoms with van der Waals surface area (Å²) in [6.45, 7) is 3.38. The lowest BCUT2D eigenvalue weighted by Crippen LogP contribution is -2.33. The fourth-order valence-electron chi connectivity index (χ4n) is 2.66. The predicted octanol–water partition coefficient (Wildman–Crippen LogP) is 2.91. The van der Waals surface area contributed by atoms with E-state index in [1.807, 2.05) is 0 Å². The van der Waals surface area contributed by atoms with Crippen LogP contribution in [0.2, 0.25) is 0 Å². The summed E-state index contributed by atoms with van der Waals surface area (Å²) in [5.41, 5.74) is 0.0446.